The zero-order valence-electron chi connectivity index (χ0n) is 17.7. The van der Waals surface area contributed by atoms with E-state index in [1.807, 2.05) is 42.7 Å². The fourth-order valence-corrected chi connectivity index (χ4v) is 4.82. The Labute approximate surface area is 177 Å². The number of fused-ring (bicyclic) bond motifs is 2. The van der Waals surface area contributed by atoms with Gasteiger partial charge in [0.2, 0.25) is 0 Å². The van der Waals surface area contributed by atoms with Crippen LogP contribution in [0.1, 0.15) is 44.5 Å². The number of thioether (sulfide) groups is 1. The van der Waals surface area contributed by atoms with Crippen molar-refractivity contribution < 1.29 is 0 Å². The van der Waals surface area contributed by atoms with E-state index in [0.717, 1.165) is 17.5 Å². The lowest BCUT2D eigenvalue weighted by Gasteiger charge is -2.30. The van der Waals surface area contributed by atoms with E-state index in [9.17, 15) is 0 Å². The van der Waals surface area contributed by atoms with E-state index in [-0.39, 0.29) is 10.2 Å². The second-order valence-electron chi connectivity index (χ2n) is 8.82. The molecule has 29 heavy (non-hydrogen) atoms. The SMILES string of the molecule is CSC(C)(Cc1cncc2c(C(C)(C)C)nccc12)c1cccc2cnccc12. The molecule has 148 valence electrons. The molecule has 0 saturated heterocycles. The second-order valence-corrected chi connectivity index (χ2v) is 10.1. The van der Waals surface area contributed by atoms with Crippen LogP contribution in [0.5, 0.6) is 0 Å². The molecule has 4 rings (SSSR count). The molecule has 0 aliphatic carbocycles. The third-order valence-electron chi connectivity index (χ3n) is 5.71. The van der Waals surface area contributed by atoms with Gasteiger partial charge in [-0.2, -0.15) is 11.8 Å². The molecule has 3 heterocycles. The fraction of sp³-hybridized carbons (Fsp3) is 0.320. The average Bonchev–Trinajstić information content (AvgIpc) is 2.72. The highest BCUT2D eigenvalue weighted by atomic mass is 32.2. The summed E-state index contributed by atoms with van der Waals surface area (Å²) in [6, 6.07) is 10.8. The summed E-state index contributed by atoms with van der Waals surface area (Å²) in [5.74, 6) is 0. The maximum absolute atomic E-state index is 4.68. The number of hydrogen-bond donors (Lipinski definition) is 0. The molecule has 0 spiro atoms. The smallest absolute Gasteiger partial charge is 0.0550 e. The van der Waals surface area contributed by atoms with Gasteiger partial charge in [-0.15, -0.1) is 0 Å². The van der Waals surface area contributed by atoms with E-state index >= 15 is 0 Å². The largest absolute Gasteiger partial charge is 0.264 e. The summed E-state index contributed by atoms with van der Waals surface area (Å²) < 4.78 is -0.0814. The number of pyridine rings is 3. The summed E-state index contributed by atoms with van der Waals surface area (Å²) >= 11 is 1.89. The Hall–Kier alpha value is -2.46. The van der Waals surface area contributed by atoms with Gasteiger partial charge in [-0.25, -0.2) is 0 Å². The topological polar surface area (TPSA) is 38.7 Å². The molecular weight excluding hydrogens is 374 g/mol. The molecular formula is C25H27N3S. The molecule has 4 aromatic rings. The third-order valence-corrected chi connectivity index (χ3v) is 6.97. The van der Waals surface area contributed by atoms with Crippen molar-refractivity contribution in [3.05, 3.63) is 78.1 Å². The van der Waals surface area contributed by atoms with Crippen molar-refractivity contribution in [3.63, 3.8) is 0 Å². The molecule has 0 aliphatic rings. The van der Waals surface area contributed by atoms with E-state index in [4.69, 9.17) is 0 Å². The molecule has 0 fully saturated rings. The summed E-state index contributed by atoms with van der Waals surface area (Å²) in [6.07, 6.45) is 12.8. The number of hydrogen-bond acceptors (Lipinski definition) is 4. The molecule has 1 aromatic carbocycles. The Balaban J connectivity index is 1.86. The molecule has 0 amide bonds. The van der Waals surface area contributed by atoms with Gasteiger partial charge in [0.15, 0.2) is 0 Å². The highest BCUT2D eigenvalue weighted by molar-refractivity contribution is 7.99. The predicted molar refractivity (Wildman–Crippen MR) is 125 cm³/mol. The quantitative estimate of drug-likeness (QED) is 0.402. The van der Waals surface area contributed by atoms with Gasteiger partial charge in [0.1, 0.15) is 0 Å². The molecule has 0 aliphatic heterocycles. The first-order valence-corrected chi connectivity index (χ1v) is 11.2. The van der Waals surface area contributed by atoms with Crippen LogP contribution in [0, 0.1) is 0 Å². The Morgan fingerprint density at radius 2 is 1.62 bits per heavy atom. The molecule has 3 nitrogen and oxygen atoms in total. The Morgan fingerprint density at radius 3 is 2.38 bits per heavy atom. The van der Waals surface area contributed by atoms with E-state index in [1.54, 1.807) is 0 Å². The van der Waals surface area contributed by atoms with Crippen LogP contribution in [0.15, 0.2) is 61.3 Å². The third kappa shape index (κ3) is 3.62. The molecule has 0 radical (unpaired) electrons. The van der Waals surface area contributed by atoms with Crippen molar-refractivity contribution in [2.24, 2.45) is 0 Å². The first kappa shape index (κ1) is 19.8. The van der Waals surface area contributed by atoms with E-state index < -0.39 is 0 Å². The van der Waals surface area contributed by atoms with Gasteiger partial charge in [0.25, 0.3) is 0 Å². The van der Waals surface area contributed by atoms with Gasteiger partial charge < -0.3 is 0 Å². The molecule has 0 bridgehead atoms. The van der Waals surface area contributed by atoms with Crippen LogP contribution >= 0.6 is 11.8 Å². The van der Waals surface area contributed by atoms with Crippen LogP contribution < -0.4 is 0 Å². The van der Waals surface area contributed by atoms with Crippen LogP contribution in [-0.4, -0.2) is 21.2 Å². The Kier molecular flexibility index (Phi) is 5.07. The highest BCUT2D eigenvalue weighted by Crippen LogP contribution is 2.42. The van der Waals surface area contributed by atoms with E-state index in [1.165, 1.54) is 27.3 Å². The molecule has 1 unspecified atom stereocenters. The van der Waals surface area contributed by atoms with Crippen LogP contribution in [0.3, 0.4) is 0 Å². The fourth-order valence-electron chi connectivity index (χ4n) is 4.12. The van der Waals surface area contributed by atoms with Gasteiger partial charge >= 0.3 is 0 Å². The summed E-state index contributed by atoms with van der Waals surface area (Å²) in [7, 11) is 0. The van der Waals surface area contributed by atoms with E-state index in [2.05, 4.69) is 79.2 Å². The first-order valence-electron chi connectivity index (χ1n) is 9.94. The number of nitrogens with zero attached hydrogens (tertiary/aromatic N) is 3. The second kappa shape index (κ2) is 7.42. The van der Waals surface area contributed by atoms with Crippen molar-refractivity contribution in [2.45, 2.75) is 44.3 Å². The molecule has 1 atom stereocenters. The maximum Gasteiger partial charge on any atom is 0.0550 e. The standard InChI is InChI=1S/C25H27N3S/c1-24(2,3)23-21-16-27-15-18(19(21)10-12-28-23)13-25(4,29-5)22-8-6-7-17-14-26-11-9-20(17)22/h6-12,14-16H,13H2,1-5H3. The van der Waals surface area contributed by atoms with Crippen molar-refractivity contribution >= 4 is 33.3 Å². The van der Waals surface area contributed by atoms with Crippen molar-refractivity contribution in [3.8, 4) is 0 Å². The Morgan fingerprint density at radius 1 is 0.828 bits per heavy atom. The minimum absolute atomic E-state index is 0.0226. The van der Waals surface area contributed by atoms with Gasteiger partial charge in [-0.3, -0.25) is 15.0 Å². The Bertz CT molecular complexity index is 1170. The number of aromatic nitrogens is 3. The van der Waals surface area contributed by atoms with Crippen molar-refractivity contribution in [1.82, 2.24) is 15.0 Å². The predicted octanol–water partition coefficient (Wildman–Crippen LogP) is 6.30. The van der Waals surface area contributed by atoms with Gasteiger partial charge in [-0.1, -0.05) is 39.0 Å². The summed E-state index contributed by atoms with van der Waals surface area (Å²) in [5, 5.41) is 4.86. The lowest BCUT2D eigenvalue weighted by Crippen LogP contribution is -2.21. The van der Waals surface area contributed by atoms with E-state index in [0.29, 0.717) is 0 Å². The molecule has 0 saturated carbocycles. The van der Waals surface area contributed by atoms with Crippen LogP contribution in [0.25, 0.3) is 21.5 Å². The lowest BCUT2D eigenvalue weighted by molar-refractivity contribution is 0.575. The van der Waals surface area contributed by atoms with Gasteiger partial charge in [-0.05, 0) is 53.6 Å². The van der Waals surface area contributed by atoms with Crippen LogP contribution in [0.2, 0.25) is 0 Å². The summed E-state index contributed by atoms with van der Waals surface area (Å²) in [6.45, 7) is 8.95. The van der Waals surface area contributed by atoms with Crippen molar-refractivity contribution in [1.29, 1.82) is 0 Å². The van der Waals surface area contributed by atoms with Crippen LogP contribution in [-0.2, 0) is 16.6 Å². The van der Waals surface area contributed by atoms with Gasteiger partial charge in [0, 0.05) is 51.9 Å². The maximum atomic E-state index is 4.68. The number of benzene rings is 1. The summed E-state index contributed by atoms with van der Waals surface area (Å²) in [4.78, 5) is 13.6. The zero-order chi connectivity index (χ0) is 20.6. The normalized spacial score (nSPS) is 14.2. The van der Waals surface area contributed by atoms with Gasteiger partial charge in [0.05, 0.1) is 5.69 Å². The highest BCUT2D eigenvalue weighted by Gasteiger charge is 2.29. The molecule has 0 N–H and O–H groups in total. The van der Waals surface area contributed by atoms with Crippen LogP contribution in [0.4, 0.5) is 0 Å². The summed E-state index contributed by atoms with van der Waals surface area (Å²) in [5.41, 5.74) is 3.68. The minimum atomic E-state index is -0.0814. The first-order chi connectivity index (χ1) is 13.8. The lowest BCUT2D eigenvalue weighted by atomic mass is 9.86. The molecule has 3 aromatic heterocycles. The zero-order valence-corrected chi connectivity index (χ0v) is 18.5. The minimum Gasteiger partial charge on any atom is -0.264 e. The number of rotatable bonds is 4. The molecule has 4 heteroatoms. The van der Waals surface area contributed by atoms with Crippen molar-refractivity contribution in [2.75, 3.05) is 6.26 Å². The monoisotopic (exact) mass is 401 g/mol. The average molecular weight is 402 g/mol.